The first kappa shape index (κ1) is 58.4. The quantitative estimate of drug-likeness (QED) is 0.0345. The normalized spacial score (nSPS) is 12.5. The Morgan fingerprint density at radius 1 is 0.350 bits per heavy atom. The van der Waals surface area contributed by atoms with E-state index in [0.717, 1.165) is 69.6 Å². The van der Waals surface area contributed by atoms with Crippen molar-refractivity contribution < 1.29 is 28.6 Å². The second kappa shape index (κ2) is 46.9. The molecule has 0 N–H and O–H groups in total. The summed E-state index contributed by atoms with van der Waals surface area (Å²) in [5.41, 5.74) is 0. The minimum Gasteiger partial charge on any atom is -0.462 e. The maximum absolute atomic E-state index is 12.7. The fourth-order valence-corrected chi connectivity index (χ4v) is 8.13. The first-order chi connectivity index (χ1) is 29.3. The topological polar surface area (TPSA) is 78.9 Å². The highest BCUT2D eigenvalue weighted by Gasteiger charge is 2.19. The summed E-state index contributed by atoms with van der Waals surface area (Å²) in [7, 11) is 0. The van der Waals surface area contributed by atoms with Crippen LogP contribution in [0, 0.1) is 11.8 Å². The van der Waals surface area contributed by atoms with Crippen LogP contribution in [0.4, 0.5) is 0 Å². The van der Waals surface area contributed by atoms with Crippen molar-refractivity contribution in [2.45, 2.75) is 304 Å². The molecule has 6 heteroatoms. The van der Waals surface area contributed by atoms with Crippen molar-refractivity contribution in [3.8, 4) is 0 Å². The van der Waals surface area contributed by atoms with Gasteiger partial charge in [0.05, 0.1) is 0 Å². The van der Waals surface area contributed by atoms with Crippen molar-refractivity contribution in [1.82, 2.24) is 0 Å². The van der Waals surface area contributed by atoms with E-state index in [9.17, 15) is 14.4 Å². The highest BCUT2D eigenvalue weighted by atomic mass is 16.6. The Hall–Kier alpha value is -1.59. The predicted molar refractivity (Wildman–Crippen MR) is 256 cm³/mol. The molecular weight excluding hydrogens is 745 g/mol. The van der Waals surface area contributed by atoms with Crippen molar-refractivity contribution in [3.63, 3.8) is 0 Å². The lowest BCUT2D eigenvalue weighted by molar-refractivity contribution is -0.167. The molecule has 0 aromatic carbocycles. The Morgan fingerprint density at radius 3 is 0.950 bits per heavy atom. The number of hydrogen-bond donors (Lipinski definition) is 0. The van der Waals surface area contributed by atoms with Crippen LogP contribution in [0.3, 0.4) is 0 Å². The Kier molecular flexibility index (Phi) is 45.7. The lowest BCUT2D eigenvalue weighted by atomic mass is 10.00. The number of rotatable bonds is 48. The van der Waals surface area contributed by atoms with Gasteiger partial charge in [0.1, 0.15) is 13.2 Å². The van der Waals surface area contributed by atoms with Crippen LogP contribution in [-0.4, -0.2) is 37.2 Å². The largest absolute Gasteiger partial charge is 0.462 e. The number of carbonyl (C=O) groups excluding carboxylic acids is 3. The van der Waals surface area contributed by atoms with Gasteiger partial charge in [-0.1, -0.05) is 259 Å². The van der Waals surface area contributed by atoms with Gasteiger partial charge in [0.25, 0.3) is 0 Å². The average molecular weight is 849 g/mol. The third-order valence-corrected chi connectivity index (χ3v) is 12.6. The minimum absolute atomic E-state index is 0.0641. The van der Waals surface area contributed by atoms with Crippen LogP contribution in [0.25, 0.3) is 0 Å². The molecule has 1 unspecified atom stereocenters. The van der Waals surface area contributed by atoms with Crippen LogP contribution < -0.4 is 0 Å². The van der Waals surface area contributed by atoms with Gasteiger partial charge in [0.15, 0.2) is 6.10 Å². The van der Waals surface area contributed by atoms with E-state index in [0.29, 0.717) is 19.3 Å². The van der Waals surface area contributed by atoms with E-state index >= 15 is 0 Å². The molecule has 60 heavy (non-hydrogen) atoms. The predicted octanol–water partition coefficient (Wildman–Crippen LogP) is 17.3. The third-order valence-electron chi connectivity index (χ3n) is 12.6. The van der Waals surface area contributed by atoms with Gasteiger partial charge < -0.3 is 14.2 Å². The first-order valence-electron chi connectivity index (χ1n) is 26.8. The maximum atomic E-state index is 12.7. The van der Waals surface area contributed by atoms with Crippen molar-refractivity contribution in [3.05, 3.63) is 0 Å². The van der Waals surface area contributed by atoms with E-state index in [-0.39, 0.29) is 31.1 Å². The van der Waals surface area contributed by atoms with Crippen LogP contribution in [0.15, 0.2) is 0 Å². The Balaban J connectivity index is 4.18. The number of esters is 3. The zero-order valence-electron chi connectivity index (χ0n) is 41.1. The molecule has 0 aromatic heterocycles. The summed E-state index contributed by atoms with van der Waals surface area (Å²) < 4.78 is 16.8. The molecule has 0 spiro atoms. The van der Waals surface area contributed by atoms with Gasteiger partial charge in [-0.15, -0.1) is 0 Å². The zero-order chi connectivity index (χ0) is 44.0. The molecule has 0 heterocycles. The highest BCUT2D eigenvalue weighted by molar-refractivity contribution is 5.71. The van der Waals surface area contributed by atoms with Gasteiger partial charge in [0, 0.05) is 19.3 Å². The molecular formula is C54H104O6. The standard InChI is InChI=1S/C54H104O6/c1-6-8-9-10-11-12-21-26-29-36-41-46-54(57)60-51(48-59-53(56)45-40-35-31-30-33-38-43-50(5)7-2)47-58-52(55)44-39-34-28-25-23-20-18-16-14-13-15-17-19-22-24-27-32-37-42-49(3)4/h49-51H,6-48H2,1-5H3/t50?,51-/m1/s1. The monoisotopic (exact) mass is 849 g/mol. The van der Waals surface area contributed by atoms with Gasteiger partial charge in [-0.2, -0.15) is 0 Å². The number of carbonyl (C=O) groups is 3. The summed E-state index contributed by atoms with van der Waals surface area (Å²) in [6.07, 6.45) is 48.1. The fraction of sp³-hybridized carbons (Fsp3) is 0.944. The van der Waals surface area contributed by atoms with E-state index in [1.807, 2.05) is 0 Å². The molecule has 356 valence electrons. The zero-order valence-corrected chi connectivity index (χ0v) is 41.1. The van der Waals surface area contributed by atoms with Crippen LogP contribution >= 0.6 is 0 Å². The van der Waals surface area contributed by atoms with E-state index in [1.165, 1.54) is 186 Å². The smallest absolute Gasteiger partial charge is 0.306 e. The van der Waals surface area contributed by atoms with Crippen LogP contribution in [0.2, 0.25) is 0 Å². The Bertz CT molecular complexity index is 918. The second-order valence-corrected chi connectivity index (χ2v) is 19.2. The summed E-state index contributed by atoms with van der Waals surface area (Å²) in [6.45, 7) is 11.4. The van der Waals surface area contributed by atoms with E-state index in [4.69, 9.17) is 14.2 Å². The molecule has 0 aliphatic heterocycles. The van der Waals surface area contributed by atoms with Gasteiger partial charge in [-0.25, -0.2) is 0 Å². The number of hydrogen-bond acceptors (Lipinski definition) is 6. The van der Waals surface area contributed by atoms with Gasteiger partial charge >= 0.3 is 17.9 Å². The van der Waals surface area contributed by atoms with Crippen molar-refractivity contribution >= 4 is 17.9 Å². The maximum Gasteiger partial charge on any atom is 0.306 e. The van der Waals surface area contributed by atoms with E-state index < -0.39 is 6.10 Å². The third kappa shape index (κ3) is 45.9. The molecule has 0 amide bonds. The Morgan fingerprint density at radius 2 is 0.633 bits per heavy atom. The lowest BCUT2D eigenvalue weighted by Crippen LogP contribution is -2.30. The minimum atomic E-state index is -0.761. The van der Waals surface area contributed by atoms with Crippen molar-refractivity contribution in [2.24, 2.45) is 11.8 Å². The van der Waals surface area contributed by atoms with E-state index in [1.54, 1.807) is 0 Å². The number of ether oxygens (including phenoxy) is 3. The Labute approximate surface area is 374 Å². The molecule has 0 aliphatic carbocycles. The molecule has 0 fully saturated rings. The first-order valence-corrected chi connectivity index (χ1v) is 26.8. The van der Waals surface area contributed by atoms with Crippen LogP contribution in [0.1, 0.15) is 298 Å². The number of unbranched alkanes of at least 4 members (excludes halogenated alkanes) is 32. The molecule has 0 saturated carbocycles. The molecule has 0 aliphatic rings. The summed E-state index contributed by atoms with van der Waals surface area (Å²) in [4.78, 5) is 37.9. The molecule has 0 radical (unpaired) electrons. The van der Waals surface area contributed by atoms with Gasteiger partial charge in [0.2, 0.25) is 0 Å². The van der Waals surface area contributed by atoms with Crippen molar-refractivity contribution in [2.75, 3.05) is 13.2 Å². The molecule has 0 rings (SSSR count). The summed E-state index contributed by atoms with van der Waals surface area (Å²) in [6, 6.07) is 0. The summed E-state index contributed by atoms with van der Waals surface area (Å²) >= 11 is 0. The molecule has 2 atom stereocenters. The van der Waals surface area contributed by atoms with E-state index in [2.05, 4.69) is 34.6 Å². The van der Waals surface area contributed by atoms with Crippen LogP contribution in [-0.2, 0) is 28.6 Å². The van der Waals surface area contributed by atoms with Gasteiger partial charge in [-0.05, 0) is 31.1 Å². The fourth-order valence-electron chi connectivity index (χ4n) is 8.13. The molecule has 6 nitrogen and oxygen atoms in total. The van der Waals surface area contributed by atoms with Crippen LogP contribution in [0.5, 0.6) is 0 Å². The molecule has 0 bridgehead atoms. The average Bonchev–Trinajstić information content (AvgIpc) is 3.23. The summed E-state index contributed by atoms with van der Waals surface area (Å²) in [5.74, 6) is 0.823. The molecule has 0 saturated heterocycles. The highest BCUT2D eigenvalue weighted by Crippen LogP contribution is 2.18. The van der Waals surface area contributed by atoms with Gasteiger partial charge in [-0.3, -0.25) is 14.4 Å². The second-order valence-electron chi connectivity index (χ2n) is 19.2. The lowest BCUT2D eigenvalue weighted by Gasteiger charge is -2.18. The SMILES string of the molecule is CCCCCCCCCCCCCC(=O)O[C@H](COC(=O)CCCCCCCCCCCCCCCCCCCCC(C)C)COC(=O)CCCCCCCCC(C)CC. The van der Waals surface area contributed by atoms with Crippen molar-refractivity contribution in [1.29, 1.82) is 0 Å². The summed E-state index contributed by atoms with van der Waals surface area (Å²) in [5, 5.41) is 0. The molecule has 0 aromatic rings.